The minimum atomic E-state index is -0.360. The van der Waals surface area contributed by atoms with E-state index in [9.17, 15) is 10.1 Å². The summed E-state index contributed by atoms with van der Waals surface area (Å²) in [5.41, 5.74) is -0.0714. The highest BCUT2D eigenvalue weighted by molar-refractivity contribution is 5.70. The highest BCUT2D eigenvalue weighted by Gasteiger charge is 2.51. The molecule has 0 aromatic carbocycles. The van der Waals surface area contributed by atoms with E-state index < -0.39 is 0 Å². The maximum absolute atomic E-state index is 11.9. The Bertz CT molecular complexity index is 848. The van der Waals surface area contributed by atoms with Gasteiger partial charge in [-0.2, -0.15) is 0 Å². The van der Waals surface area contributed by atoms with Crippen molar-refractivity contribution in [3.63, 3.8) is 0 Å². The second-order valence-electron chi connectivity index (χ2n) is 9.08. The van der Waals surface area contributed by atoms with Crippen molar-refractivity contribution in [3.8, 4) is 0 Å². The van der Waals surface area contributed by atoms with E-state index in [0.717, 1.165) is 50.0 Å². The summed E-state index contributed by atoms with van der Waals surface area (Å²) in [5, 5.41) is 18.6. The molecule has 0 radical (unpaired) electrons. The molecule has 0 saturated heterocycles. The fraction of sp³-hybridized carbons (Fsp3) is 0.650. The number of hydrogen-bond acceptors (Lipinski definition) is 7. The van der Waals surface area contributed by atoms with Gasteiger partial charge in [0.05, 0.1) is 11.3 Å². The summed E-state index contributed by atoms with van der Waals surface area (Å²) in [6, 6.07) is 0. The standard InChI is InChI=1S/C20H27N7O2/c28-27(29)17-18(22-2-1-4-26-5-3-21-13-26)23-12-24-19(17)25-20-9-14-6-15(10-20)8-16(7-14)11-20/h3,5,12-16H,1-2,4,6-11H2,(H2,22,23,24,25). The zero-order valence-corrected chi connectivity index (χ0v) is 16.5. The monoisotopic (exact) mass is 397 g/mol. The Kier molecular flexibility index (Phi) is 4.60. The predicted molar refractivity (Wildman–Crippen MR) is 109 cm³/mol. The van der Waals surface area contributed by atoms with Crippen LogP contribution >= 0.6 is 0 Å². The van der Waals surface area contributed by atoms with E-state index in [-0.39, 0.29) is 16.1 Å². The molecule has 29 heavy (non-hydrogen) atoms. The zero-order chi connectivity index (χ0) is 19.8. The second kappa shape index (κ2) is 7.27. The largest absolute Gasteiger partial charge is 0.364 e. The summed E-state index contributed by atoms with van der Waals surface area (Å²) in [4.78, 5) is 24.0. The van der Waals surface area contributed by atoms with Gasteiger partial charge in [-0.3, -0.25) is 10.1 Å². The molecule has 0 amide bonds. The molecule has 4 saturated carbocycles. The molecular formula is C20H27N7O2. The summed E-state index contributed by atoms with van der Waals surface area (Å²) >= 11 is 0. The third-order valence-corrected chi connectivity index (χ3v) is 6.87. The number of imidazole rings is 1. The quantitative estimate of drug-likeness (QED) is 0.398. The van der Waals surface area contributed by atoms with Gasteiger partial charge in [0.25, 0.3) is 0 Å². The maximum Gasteiger partial charge on any atom is 0.353 e. The van der Waals surface area contributed by atoms with Gasteiger partial charge in [0, 0.05) is 31.0 Å². The first kappa shape index (κ1) is 18.3. The SMILES string of the molecule is O=[N+]([O-])c1c(NCCCn2ccnc2)ncnc1NC12CC3CC(CC(C3)C1)C2. The summed E-state index contributed by atoms with van der Waals surface area (Å²) in [7, 11) is 0. The van der Waals surface area contributed by atoms with Crippen molar-refractivity contribution in [2.24, 2.45) is 17.8 Å². The fourth-order valence-electron chi connectivity index (χ4n) is 6.17. The first-order valence-corrected chi connectivity index (χ1v) is 10.6. The third kappa shape index (κ3) is 3.65. The van der Waals surface area contributed by atoms with Crippen molar-refractivity contribution >= 4 is 17.3 Å². The van der Waals surface area contributed by atoms with Crippen LogP contribution in [0.3, 0.4) is 0 Å². The number of nitrogens with zero attached hydrogens (tertiary/aromatic N) is 5. The Morgan fingerprint density at radius 2 is 1.83 bits per heavy atom. The first-order valence-electron chi connectivity index (χ1n) is 10.6. The number of rotatable bonds is 8. The Morgan fingerprint density at radius 3 is 2.45 bits per heavy atom. The van der Waals surface area contributed by atoms with Gasteiger partial charge in [-0.25, -0.2) is 15.0 Å². The van der Waals surface area contributed by atoms with Gasteiger partial charge in [-0.15, -0.1) is 0 Å². The predicted octanol–water partition coefficient (Wildman–Crippen LogP) is 3.46. The molecule has 9 heteroatoms. The van der Waals surface area contributed by atoms with Gasteiger partial charge in [-0.1, -0.05) is 0 Å². The fourth-order valence-corrected chi connectivity index (χ4v) is 6.17. The summed E-state index contributed by atoms with van der Waals surface area (Å²) < 4.78 is 1.98. The Labute approximate surface area is 169 Å². The van der Waals surface area contributed by atoms with Crippen LogP contribution in [-0.4, -0.2) is 36.5 Å². The molecule has 2 N–H and O–H groups in total. The van der Waals surface area contributed by atoms with Crippen molar-refractivity contribution in [2.75, 3.05) is 17.2 Å². The van der Waals surface area contributed by atoms with E-state index in [2.05, 4.69) is 25.6 Å². The molecule has 2 heterocycles. The molecule has 2 aromatic heterocycles. The Hall–Kier alpha value is -2.71. The zero-order valence-electron chi connectivity index (χ0n) is 16.5. The van der Waals surface area contributed by atoms with Gasteiger partial charge in [0.15, 0.2) is 0 Å². The highest BCUT2D eigenvalue weighted by atomic mass is 16.6. The second-order valence-corrected chi connectivity index (χ2v) is 9.08. The number of nitro groups is 1. The van der Waals surface area contributed by atoms with Crippen LogP contribution in [-0.2, 0) is 6.54 Å². The number of anilines is 2. The van der Waals surface area contributed by atoms with E-state index in [1.165, 1.54) is 25.6 Å². The summed E-state index contributed by atoms with van der Waals surface area (Å²) in [6.45, 7) is 1.39. The van der Waals surface area contributed by atoms with Gasteiger partial charge in [-0.05, 0) is 62.7 Å². The molecule has 0 atom stereocenters. The molecule has 154 valence electrons. The number of aromatic nitrogens is 4. The van der Waals surface area contributed by atoms with Crippen LogP contribution in [0.5, 0.6) is 0 Å². The topological polar surface area (TPSA) is 111 Å². The average molecular weight is 397 g/mol. The molecule has 2 aromatic rings. The summed E-state index contributed by atoms with van der Waals surface area (Å²) in [5.74, 6) is 2.94. The lowest BCUT2D eigenvalue weighted by Gasteiger charge is -2.57. The molecule has 9 nitrogen and oxygen atoms in total. The molecule has 4 aliphatic rings. The van der Waals surface area contributed by atoms with E-state index >= 15 is 0 Å². The van der Waals surface area contributed by atoms with E-state index in [4.69, 9.17) is 0 Å². The van der Waals surface area contributed by atoms with Crippen LogP contribution in [0.25, 0.3) is 0 Å². The van der Waals surface area contributed by atoms with Crippen LogP contribution in [0.15, 0.2) is 25.0 Å². The van der Waals surface area contributed by atoms with E-state index in [1.54, 1.807) is 12.5 Å². The van der Waals surface area contributed by atoms with Gasteiger partial charge in [0.2, 0.25) is 11.6 Å². The van der Waals surface area contributed by atoms with Crippen molar-refractivity contribution in [1.82, 2.24) is 19.5 Å². The summed E-state index contributed by atoms with van der Waals surface area (Å²) in [6.07, 6.45) is 15.0. The van der Waals surface area contributed by atoms with Crippen LogP contribution in [0.2, 0.25) is 0 Å². The van der Waals surface area contributed by atoms with Crippen LogP contribution in [0.4, 0.5) is 17.3 Å². The van der Waals surface area contributed by atoms with Gasteiger partial charge < -0.3 is 15.2 Å². The molecular weight excluding hydrogens is 370 g/mol. The number of aryl methyl sites for hydroxylation is 1. The molecule has 0 unspecified atom stereocenters. The van der Waals surface area contributed by atoms with Crippen LogP contribution in [0.1, 0.15) is 44.9 Å². The smallest absolute Gasteiger partial charge is 0.353 e. The van der Waals surface area contributed by atoms with Crippen molar-refractivity contribution in [3.05, 3.63) is 35.2 Å². The highest BCUT2D eigenvalue weighted by Crippen LogP contribution is 2.56. The molecule has 4 bridgehead atoms. The third-order valence-electron chi connectivity index (χ3n) is 6.87. The molecule has 0 aliphatic heterocycles. The minimum absolute atomic E-state index is 0.0352. The van der Waals surface area contributed by atoms with Crippen LogP contribution in [0, 0.1) is 27.9 Å². The minimum Gasteiger partial charge on any atom is -0.364 e. The van der Waals surface area contributed by atoms with Crippen LogP contribution < -0.4 is 10.6 Å². The molecule has 0 spiro atoms. The van der Waals surface area contributed by atoms with E-state index in [1.807, 2.05) is 10.8 Å². The molecule has 6 rings (SSSR count). The molecule has 4 fully saturated rings. The average Bonchev–Trinajstić information content (AvgIpc) is 3.17. The maximum atomic E-state index is 11.9. The van der Waals surface area contributed by atoms with Gasteiger partial charge in [0.1, 0.15) is 6.33 Å². The lowest BCUT2D eigenvalue weighted by molar-refractivity contribution is -0.383. The Morgan fingerprint density at radius 1 is 1.14 bits per heavy atom. The number of hydrogen-bond donors (Lipinski definition) is 2. The lowest BCUT2D eigenvalue weighted by atomic mass is 9.53. The van der Waals surface area contributed by atoms with Crippen molar-refractivity contribution in [1.29, 1.82) is 0 Å². The first-order chi connectivity index (χ1) is 14.1. The normalized spacial score (nSPS) is 29.7. The Balaban J connectivity index is 1.31. The lowest BCUT2D eigenvalue weighted by Crippen LogP contribution is -2.55. The number of nitrogens with one attached hydrogen (secondary N) is 2. The van der Waals surface area contributed by atoms with Crippen molar-refractivity contribution < 1.29 is 4.92 Å². The molecule has 4 aliphatic carbocycles. The van der Waals surface area contributed by atoms with Crippen molar-refractivity contribution in [2.45, 2.75) is 57.0 Å². The van der Waals surface area contributed by atoms with E-state index in [0.29, 0.717) is 18.2 Å². The van der Waals surface area contributed by atoms with Gasteiger partial charge >= 0.3 is 5.69 Å².